The Balaban J connectivity index is 1.59. The van der Waals surface area contributed by atoms with Gasteiger partial charge in [-0.25, -0.2) is 0 Å². The second-order valence-corrected chi connectivity index (χ2v) is 7.37. The van der Waals surface area contributed by atoms with Crippen LogP contribution in [-0.4, -0.2) is 41.2 Å². The Morgan fingerprint density at radius 3 is 2.42 bits per heavy atom. The molecule has 2 aromatic rings. The number of carbonyl (C=O) groups is 2. The average molecular weight is 412 g/mol. The van der Waals surface area contributed by atoms with Gasteiger partial charge in [-0.1, -0.05) is 59.1 Å². The van der Waals surface area contributed by atoms with Crippen LogP contribution in [0.15, 0.2) is 42.5 Å². The summed E-state index contributed by atoms with van der Waals surface area (Å²) < 4.78 is 0. The zero-order valence-corrected chi connectivity index (χ0v) is 16.2. The van der Waals surface area contributed by atoms with Crippen LogP contribution in [0, 0.1) is 0 Å². The quantitative estimate of drug-likeness (QED) is 0.761. The molecule has 1 heterocycles. The van der Waals surface area contributed by atoms with Crippen molar-refractivity contribution in [2.75, 3.05) is 19.6 Å². The molecule has 0 spiro atoms. The molecule has 7 heteroatoms. The maximum absolute atomic E-state index is 12.5. The molecular formula is C19H17Cl3N2O2. The van der Waals surface area contributed by atoms with Crippen LogP contribution in [0.3, 0.4) is 0 Å². The average Bonchev–Trinajstić information content (AvgIpc) is 2.62. The molecule has 2 amide bonds. The maximum atomic E-state index is 12.5. The summed E-state index contributed by atoms with van der Waals surface area (Å²) >= 11 is 18.0. The van der Waals surface area contributed by atoms with Crippen LogP contribution in [0.2, 0.25) is 15.1 Å². The minimum absolute atomic E-state index is 0.0725. The fourth-order valence-electron chi connectivity index (χ4n) is 2.86. The Bertz CT molecular complexity index is 824. The number of halogens is 3. The Morgan fingerprint density at radius 2 is 1.73 bits per heavy atom. The van der Waals surface area contributed by atoms with Gasteiger partial charge >= 0.3 is 0 Å². The van der Waals surface area contributed by atoms with E-state index < -0.39 is 0 Å². The van der Waals surface area contributed by atoms with E-state index in [0.29, 0.717) is 40.3 Å². The molecule has 0 atom stereocenters. The van der Waals surface area contributed by atoms with E-state index in [2.05, 4.69) is 0 Å². The summed E-state index contributed by atoms with van der Waals surface area (Å²) in [6.07, 6.45) is 0.129. The highest BCUT2D eigenvalue weighted by atomic mass is 35.5. The van der Waals surface area contributed by atoms with E-state index in [4.69, 9.17) is 34.8 Å². The standard InChI is InChI=1S/C19H17Cl3N2O2/c20-15-6-4-13(5-7-15)11-23-8-9-24(12-18(23)26)17(25)10-14-2-1-3-16(21)19(14)22/h1-7H,8-12H2. The van der Waals surface area contributed by atoms with Crippen LogP contribution in [0.1, 0.15) is 11.1 Å². The molecule has 136 valence electrons. The minimum atomic E-state index is -0.131. The van der Waals surface area contributed by atoms with Crippen LogP contribution in [0.25, 0.3) is 0 Å². The van der Waals surface area contributed by atoms with Gasteiger partial charge in [-0.3, -0.25) is 9.59 Å². The van der Waals surface area contributed by atoms with E-state index in [1.807, 2.05) is 12.1 Å². The number of piperazine rings is 1. The number of hydrogen-bond acceptors (Lipinski definition) is 2. The van der Waals surface area contributed by atoms with Crippen molar-refractivity contribution in [3.05, 3.63) is 68.7 Å². The monoisotopic (exact) mass is 410 g/mol. The number of rotatable bonds is 4. The number of carbonyl (C=O) groups excluding carboxylic acids is 2. The van der Waals surface area contributed by atoms with Crippen molar-refractivity contribution in [3.63, 3.8) is 0 Å². The van der Waals surface area contributed by atoms with Gasteiger partial charge in [0.2, 0.25) is 11.8 Å². The molecule has 0 bridgehead atoms. The maximum Gasteiger partial charge on any atom is 0.242 e. The Kier molecular flexibility index (Phi) is 6.07. The van der Waals surface area contributed by atoms with Crippen LogP contribution < -0.4 is 0 Å². The molecule has 1 aliphatic rings. The van der Waals surface area contributed by atoms with Crippen LogP contribution in [0.4, 0.5) is 0 Å². The first-order valence-corrected chi connectivity index (χ1v) is 9.30. The van der Waals surface area contributed by atoms with E-state index >= 15 is 0 Å². The SMILES string of the molecule is O=C(Cc1cccc(Cl)c1Cl)N1CCN(Cc2ccc(Cl)cc2)C(=O)C1. The summed E-state index contributed by atoms with van der Waals surface area (Å²) in [5.41, 5.74) is 1.67. The van der Waals surface area contributed by atoms with Gasteiger partial charge in [-0.15, -0.1) is 0 Å². The van der Waals surface area contributed by atoms with Crippen molar-refractivity contribution >= 4 is 46.6 Å². The molecule has 2 aromatic carbocycles. The largest absolute Gasteiger partial charge is 0.335 e. The molecule has 1 saturated heterocycles. The molecular weight excluding hydrogens is 395 g/mol. The summed E-state index contributed by atoms with van der Waals surface area (Å²) in [5.74, 6) is -0.203. The Labute approximate surface area is 167 Å². The van der Waals surface area contributed by atoms with Crippen molar-refractivity contribution in [1.29, 1.82) is 0 Å². The first-order chi connectivity index (χ1) is 12.4. The predicted octanol–water partition coefficient (Wildman–Crippen LogP) is 4.06. The van der Waals surface area contributed by atoms with Crippen molar-refractivity contribution in [2.45, 2.75) is 13.0 Å². The number of benzene rings is 2. The zero-order valence-electron chi connectivity index (χ0n) is 13.9. The van der Waals surface area contributed by atoms with E-state index in [0.717, 1.165) is 5.56 Å². The fourth-order valence-corrected chi connectivity index (χ4v) is 3.37. The van der Waals surface area contributed by atoms with E-state index in [-0.39, 0.29) is 24.8 Å². The summed E-state index contributed by atoms with van der Waals surface area (Å²) in [4.78, 5) is 28.2. The number of nitrogens with zero attached hydrogens (tertiary/aromatic N) is 2. The van der Waals surface area contributed by atoms with E-state index in [1.165, 1.54) is 0 Å². The molecule has 1 fully saturated rings. The minimum Gasteiger partial charge on any atom is -0.335 e. The highest BCUT2D eigenvalue weighted by Gasteiger charge is 2.27. The first kappa shape index (κ1) is 19.0. The van der Waals surface area contributed by atoms with Crippen molar-refractivity contribution in [3.8, 4) is 0 Å². The van der Waals surface area contributed by atoms with Gasteiger partial charge in [0.25, 0.3) is 0 Å². The number of amides is 2. The lowest BCUT2D eigenvalue weighted by Gasteiger charge is -2.34. The molecule has 0 radical (unpaired) electrons. The summed E-state index contributed by atoms with van der Waals surface area (Å²) in [7, 11) is 0. The summed E-state index contributed by atoms with van der Waals surface area (Å²) in [6.45, 7) is 1.58. The zero-order chi connectivity index (χ0) is 18.7. The highest BCUT2D eigenvalue weighted by molar-refractivity contribution is 6.42. The summed E-state index contributed by atoms with van der Waals surface area (Å²) in [6, 6.07) is 12.6. The van der Waals surface area contributed by atoms with E-state index in [9.17, 15) is 9.59 Å². The molecule has 1 aliphatic heterocycles. The van der Waals surface area contributed by atoms with Gasteiger partial charge in [-0.05, 0) is 29.3 Å². The summed E-state index contributed by atoms with van der Waals surface area (Å²) in [5, 5.41) is 1.46. The van der Waals surface area contributed by atoms with Gasteiger partial charge in [-0.2, -0.15) is 0 Å². The molecule has 0 saturated carbocycles. The van der Waals surface area contributed by atoms with Crippen molar-refractivity contribution in [1.82, 2.24) is 9.80 Å². The van der Waals surface area contributed by atoms with E-state index in [1.54, 1.807) is 40.1 Å². The van der Waals surface area contributed by atoms with Gasteiger partial charge in [0, 0.05) is 24.7 Å². The van der Waals surface area contributed by atoms with Crippen molar-refractivity contribution < 1.29 is 9.59 Å². The Hall–Kier alpha value is -1.75. The van der Waals surface area contributed by atoms with Gasteiger partial charge < -0.3 is 9.80 Å². The lowest BCUT2D eigenvalue weighted by molar-refractivity contribution is -0.145. The molecule has 0 unspecified atom stereocenters. The highest BCUT2D eigenvalue weighted by Crippen LogP contribution is 2.26. The molecule has 0 aliphatic carbocycles. The van der Waals surface area contributed by atoms with Crippen LogP contribution in [0.5, 0.6) is 0 Å². The third-order valence-electron chi connectivity index (χ3n) is 4.33. The first-order valence-electron chi connectivity index (χ1n) is 8.17. The van der Waals surface area contributed by atoms with Crippen LogP contribution >= 0.6 is 34.8 Å². The molecule has 3 rings (SSSR count). The lowest BCUT2D eigenvalue weighted by Crippen LogP contribution is -2.52. The molecule has 4 nitrogen and oxygen atoms in total. The second-order valence-electron chi connectivity index (χ2n) is 6.15. The topological polar surface area (TPSA) is 40.6 Å². The third kappa shape index (κ3) is 4.50. The Morgan fingerprint density at radius 1 is 1.00 bits per heavy atom. The van der Waals surface area contributed by atoms with Crippen LogP contribution in [-0.2, 0) is 22.6 Å². The third-order valence-corrected chi connectivity index (χ3v) is 5.44. The smallest absolute Gasteiger partial charge is 0.242 e. The lowest BCUT2D eigenvalue weighted by atomic mass is 10.1. The molecule has 0 N–H and O–H groups in total. The van der Waals surface area contributed by atoms with Crippen molar-refractivity contribution in [2.24, 2.45) is 0 Å². The van der Waals surface area contributed by atoms with Gasteiger partial charge in [0.05, 0.1) is 23.0 Å². The number of hydrogen-bond donors (Lipinski definition) is 0. The second kappa shape index (κ2) is 8.30. The normalized spacial score (nSPS) is 14.7. The predicted molar refractivity (Wildman–Crippen MR) is 104 cm³/mol. The van der Waals surface area contributed by atoms with Gasteiger partial charge in [0.1, 0.15) is 0 Å². The fraction of sp³-hybridized carbons (Fsp3) is 0.263. The van der Waals surface area contributed by atoms with Gasteiger partial charge in [0.15, 0.2) is 0 Å². The molecule has 0 aromatic heterocycles. The molecule has 26 heavy (non-hydrogen) atoms.